The number of rotatable bonds is 5. The van der Waals surface area contributed by atoms with Crippen LogP contribution >= 0.6 is 0 Å². The number of halogens is 2. The number of nitrogens with one attached hydrogen (secondary N) is 1. The number of aliphatic carboxylic acids is 1. The van der Waals surface area contributed by atoms with Crippen molar-refractivity contribution in [3.8, 4) is 0 Å². The molecule has 1 unspecified atom stereocenters. The second-order valence-electron chi connectivity index (χ2n) is 5.90. The lowest BCUT2D eigenvalue weighted by Crippen LogP contribution is -2.59. The number of carboxylic acids is 1. The molecule has 2 aliphatic carbocycles. The summed E-state index contributed by atoms with van der Waals surface area (Å²) in [6.45, 7) is 0. The molecular formula is C14H15F2NO4S. The van der Waals surface area contributed by atoms with Gasteiger partial charge < -0.3 is 5.11 Å². The summed E-state index contributed by atoms with van der Waals surface area (Å²) in [7, 11) is -4.17. The van der Waals surface area contributed by atoms with Crippen molar-refractivity contribution < 1.29 is 27.1 Å². The van der Waals surface area contributed by atoms with Crippen LogP contribution in [0.25, 0.3) is 0 Å². The number of alkyl halides is 2. The van der Waals surface area contributed by atoms with Crippen LogP contribution in [-0.2, 0) is 14.8 Å². The normalized spacial score (nSPS) is 25.3. The molecule has 2 fully saturated rings. The molecule has 3 rings (SSSR count). The summed E-state index contributed by atoms with van der Waals surface area (Å²) in [6.07, 6.45) is 0.618. The Morgan fingerprint density at radius 1 is 1.27 bits per heavy atom. The second-order valence-corrected chi connectivity index (χ2v) is 7.55. The molecule has 0 spiro atoms. The molecule has 5 nitrogen and oxygen atoms in total. The molecule has 2 aliphatic rings. The van der Waals surface area contributed by atoms with Gasteiger partial charge in [0.15, 0.2) is 0 Å². The monoisotopic (exact) mass is 331 g/mol. The number of benzene rings is 1. The maximum Gasteiger partial charge on any atom is 0.324 e. The minimum Gasteiger partial charge on any atom is -0.480 e. The van der Waals surface area contributed by atoms with Gasteiger partial charge in [0, 0.05) is 6.42 Å². The molecular weight excluding hydrogens is 316 g/mol. The van der Waals surface area contributed by atoms with Crippen molar-refractivity contribution in [1.29, 1.82) is 0 Å². The number of carboxylic acid groups (broad SMARTS) is 1. The third-order valence-electron chi connectivity index (χ3n) is 4.36. The van der Waals surface area contributed by atoms with Gasteiger partial charge in [-0.15, -0.1) is 0 Å². The summed E-state index contributed by atoms with van der Waals surface area (Å²) < 4.78 is 53.7. The Labute approximate surface area is 126 Å². The van der Waals surface area contributed by atoms with Crippen molar-refractivity contribution in [1.82, 2.24) is 4.72 Å². The quantitative estimate of drug-likeness (QED) is 0.865. The minimum absolute atomic E-state index is 0.0415. The zero-order valence-corrected chi connectivity index (χ0v) is 12.4. The standard InChI is InChI=1S/C14H15F2NO4S/c15-14(16)8-10(14)9-4-1-2-5-11(9)22(20,21)17-13(12(18)19)6-3-7-13/h1-2,4-5,10,17H,3,6-8H2,(H,18,19). The number of hydrogen-bond acceptors (Lipinski definition) is 3. The van der Waals surface area contributed by atoms with Gasteiger partial charge in [0.1, 0.15) is 5.54 Å². The maximum absolute atomic E-state index is 13.3. The highest BCUT2D eigenvalue weighted by atomic mass is 32.2. The van der Waals surface area contributed by atoms with Gasteiger partial charge in [0.25, 0.3) is 5.92 Å². The Balaban J connectivity index is 1.95. The largest absolute Gasteiger partial charge is 0.480 e. The first-order valence-corrected chi connectivity index (χ1v) is 8.40. The summed E-state index contributed by atoms with van der Waals surface area (Å²) >= 11 is 0. The highest BCUT2D eigenvalue weighted by Gasteiger charge is 2.59. The Morgan fingerprint density at radius 2 is 1.86 bits per heavy atom. The van der Waals surface area contributed by atoms with Crippen molar-refractivity contribution in [2.24, 2.45) is 0 Å². The van der Waals surface area contributed by atoms with Gasteiger partial charge in [-0.1, -0.05) is 18.2 Å². The first-order valence-electron chi connectivity index (χ1n) is 6.92. The predicted molar refractivity (Wildman–Crippen MR) is 73.3 cm³/mol. The molecule has 0 aliphatic heterocycles. The molecule has 0 amide bonds. The summed E-state index contributed by atoms with van der Waals surface area (Å²) in [6, 6.07) is 5.53. The maximum atomic E-state index is 13.3. The van der Waals surface area contributed by atoms with E-state index in [-0.39, 0.29) is 29.7 Å². The van der Waals surface area contributed by atoms with Crippen LogP contribution in [0.15, 0.2) is 29.2 Å². The van der Waals surface area contributed by atoms with Gasteiger partial charge in [0.05, 0.1) is 10.8 Å². The molecule has 2 N–H and O–H groups in total. The predicted octanol–water partition coefficient (Wildman–Crippen LogP) is 2.09. The van der Waals surface area contributed by atoms with Gasteiger partial charge >= 0.3 is 5.97 Å². The lowest BCUT2D eigenvalue weighted by atomic mass is 9.78. The highest BCUT2D eigenvalue weighted by molar-refractivity contribution is 7.89. The van der Waals surface area contributed by atoms with Crippen molar-refractivity contribution in [3.63, 3.8) is 0 Å². The summed E-state index contributed by atoms with van der Waals surface area (Å²) in [5.74, 6) is -5.26. The second kappa shape index (κ2) is 4.73. The van der Waals surface area contributed by atoms with Crippen LogP contribution < -0.4 is 4.72 Å². The van der Waals surface area contributed by atoms with Crippen LogP contribution in [0, 0.1) is 0 Å². The first-order chi connectivity index (χ1) is 10.2. The van der Waals surface area contributed by atoms with E-state index in [1.54, 1.807) is 0 Å². The molecule has 22 heavy (non-hydrogen) atoms. The summed E-state index contributed by atoms with van der Waals surface area (Å²) in [4.78, 5) is 11.0. The molecule has 0 heterocycles. The third-order valence-corrected chi connectivity index (χ3v) is 5.97. The van der Waals surface area contributed by atoms with E-state index in [0.29, 0.717) is 6.42 Å². The third kappa shape index (κ3) is 2.40. The SMILES string of the molecule is O=C(O)C1(NS(=O)(=O)c2ccccc2C2CC2(F)F)CCC1. The molecule has 0 saturated heterocycles. The Morgan fingerprint density at radius 3 is 2.32 bits per heavy atom. The Bertz CT molecular complexity index is 728. The van der Waals surface area contributed by atoms with Gasteiger partial charge in [-0.2, -0.15) is 4.72 Å². The molecule has 120 valence electrons. The fraction of sp³-hybridized carbons (Fsp3) is 0.500. The topological polar surface area (TPSA) is 83.5 Å². The summed E-state index contributed by atoms with van der Waals surface area (Å²) in [5, 5.41) is 9.22. The molecule has 2 saturated carbocycles. The fourth-order valence-corrected chi connectivity index (χ4v) is 4.46. The van der Waals surface area contributed by atoms with Crippen LogP contribution in [-0.4, -0.2) is 31.0 Å². The molecule has 0 bridgehead atoms. The van der Waals surface area contributed by atoms with E-state index in [1.165, 1.54) is 24.3 Å². The molecule has 0 radical (unpaired) electrons. The van der Waals surface area contributed by atoms with Crippen molar-refractivity contribution >= 4 is 16.0 Å². The minimum atomic E-state index is -4.17. The first kappa shape index (κ1) is 15.4. The number of sulfonamides is 1. The average molecular weight is 331 g/mol. The molecule has 1 atom stereocenters. The van der Waals surface area contributed by atoms with Gasteiger partial charge in [0.2, 0.25) is 10.0 Å². The molecule has 1 aromatic carbocycles. The van der Waals surface area contributed by atoms with Crippen LogP contribution in [0.5, 0.6) is 0 Å². The Hall–Kier alpha value is -1.54. The van der Waals surface area contributed by atoms with Crippen LogP contribution in [0.3, 0.4) is 0 Å². The van der Waals surface area contributed by atoms with E-state index >= 15 is 0 Å². The van der Waals surface area contributed by atoms with Gasteiger partial charge in [-0.3, -0.25) is 4.79 Å². The summed E-state index contributed by atoms with van der Waals surface area (Å²) in [5.41, 5.74) is -1.47. The van der Waals surface area contributed by atoms with E-state index in [2.05, 4.69) is 4.72 Å². The van der Waals surface area contributed by atoms with E-state index in [1.807, 2.05) is 0 Å². The van der Waals surface area contributed by atoms with Crippen molar-refractivity contribution in [2.75, 3.05) is 0 Å². The van der Waals surface area contributed by atoms with Crippen molar-refractivity contribution in [3.05, 3.63) is 29.8 Å². The highest BCUT2D eigenvalue weighted by Crippen LogP contribution is 2.56. The van der Waals surface area contributed by atoms with E-state index in [4.69, 9.17) is 0 Å². The number of hydrogen-bond donors (Lipinski definition) is 2. The van der Waals surface area contributed by atoms with Crippen LogP contribution in [0.2, 0.25) is 0 Å². The van der Waals surface area contributed by atoms with Crippen molar-refractivity contribution in [2.45, 2.75) is 48.0 Å². The van der Waals surface area contributed by atoms with Crippen LogP contribution in [0.1, 0.15) is 37.2 Å². The molecule has 0 aromatic heterocycles. The van der Waals surface area contributed by atoms with Crippen LogP contribution in [0.4, 0.5) is 8.78 Å². The Kier molecular flexibility index (Phi) is 3.30. The van der Waals surface area contributed by atoms with E-state index < -0.39 is 33.4 Å². The lowest BCUT2D eigenvalue weighted by molar-refractivity contribution is -0.147. The zero-order chi connectivity index (χ0) is 16.2. The smallest absolute Gasteiger partial charge is 0.324 e. The van der Waals surface area contributed by atoms with E-state index in [9.17, 15) is 27.1 Å². The van der Waals surface area contributed by atoms with Gasteiger partial charge in [-0.05, 0) is 30.9 Å². The zero-order valence-electron chi connectivity index (χ0n) is 11.6. The molecule has 1 aromatic rings. The van der Waals surface area contributed by atoms with E-state index in [0.717, 1.165) is 0 Å². The molecule has 8 heteroatoms. The lowest BCUT2D eigenvalue weighted by Gasteiger charge is -2.37. The van der Waals surface area contributed by atoms with Gasteiger partial charge in [-0.25, -0.2) is 17.2 Å². The number of carbonyl (C=O) groups is 1. The average Bonchev–Trinajstić information content (AvgIpc) is 3.02. The fourth-order valence-electron chi connectivity index (χ4n) is 2.77.